The van der Waals surface area contributed by atoms with Crippen LogP contribution in [0.4, 0.5) is 5.69 Å². The number of anilines is 1. The van der Waals surface area contributed by atoms with E-state index < -0.39 is 0 Å². The molecule has 1 aliphatic carbocycles. The van der Waals surface area contributed by atoms with Gasteiger partial charge in [0, 0.05) is 24.0 Å². The van der Waals surface area contributed by atoms with Crippen LogP contribution in [0.2, 0.25) is 0 Å². The van der Waals surface area contributed by atoms with Crippen molar-refractivity contribution in [2.75, 3.05) is 5.32 Å². The molecule has 2 aromatic carbocycles. The Balaban J connectivity index is 1.58. The third kappa shape index (κ3) is 2.45. The topological polar surface area (TPSA) is 24.9 Å². The summed E-state index contributed by atoms with van der Waals surface area (Å²) in [6.07, 6.45) is 9.65. The lowest BCUT2D eigenvalue weighted by molar-refractivity contribution is 0.425. The summed E-state index contributed by atoms with van der Waals surface area (Å²) in [5.74, 6) is 1.05. The number of rotatable bonds is 2. The van der Waals surface area contributed by atoms with Gasteiger partial charge in [-0.15, -0.1) is 0 Å². The van der Waals surface area contributed by atoms with Crippen LogP contribution in [0.15, 0.2) is 85.2 Å². The maximum Gasteiger partial charge on any atom is 0.0555 e. The van der Waals surface area contributed by atoms with Crippen LogP contribution >= 0.6 is 0 Å². The smallest absolute Gasteiger partial charge is 0.0555 e. The summed E-state index contributed by atoms with van der Waals surface area (Å²) in [7, 11) is 0. The van der Waals surface area contributed by atoms with E-state index in [1.54, 1.807) is 0 Å². The molecule has 1 aromatic heterocycles. The van der Waals surface area contributed by atoms with Gasteiger partial charge in [0.25, 0.3) is 0 Å². The Hall–Kier alpha value is -2.87. The molecule has 0 amide bonds. The molecular formula is C23H20N2. The molecule has 1 aliphatic heterocycles. The normalized spacial score (nSPS) is 23.6. The Labute approximate surface area is 148 Å². The molecule has 3 aromatic rings. The van der Waals surface area contributed by atoms with E-state index in [0.717, 1.165) is 6.42 Å². The molecule has 0 fully saturated rings. The summed E-state index contributed by atoms with van der Waals surface area (Å²) in [5.41, 5.74) is 6.58. The summed E-state index contributed by atoms with van der Waals surface area (Å²) < 4.78 is 0. The lowest BCUT2D eigenvalue weighted by Gasteiger charge is -2.37. The highest BCUT2D eigenvalue weighted by Gasteiger charge is 2.37. The van der Waals surface area contributed by atoms with Crippen molar-refractivity contribution in [1.82, 2.24) is 4.98 Å². The van der Waals surface area contributed by atoms with E-state index in [1.165, 1.54) is 27.9 Å². The minimum absolute atomic E-state index is 0.345. The lowest BCUT2D eigenvalue weighted by Crippen LogP contribution is -2.29. The minimum Gasteiger partial charge on any atom is -0.378 e. The molecule has 2 nitrogen and oxygen atoms in total. The van der Waals surface area contributed by atoms with Crippen molar-refractivity contribution in [1.29, 1.82) is 0 Å². The molecular weight excluding hydrogens is 304 g/mol. The minimum atomic E-state index is 0.345. The first-order valence-corrected chi connectivity index (χ1v) is 8.92. The maximum atomic E-state index is 4.17. The second-order valence-electron chi connectivity index (χ2n) is 6.92. The first-order chi connectivity index (χ1) is 12.4. The Morgan fingerprint density at radius 1 is 0.880 bits per heavy atom. The van der Waals surface area contributed by atoms with Crippen molar-refractivity contribution < 1.29 is 0 Å². The van der Waals surface area contributed by atoms with E-state index >= 15 is 0 Å². The van der Waals surface area contributed by atoms with E-state index in [2.05, 4.69) is 83.1 Å². The molecule has 2 aliphatic rings. The number of nitrogens with one attached hydrogen (secondary N) is 1. The Morgan fingerprint density at radius 3 is 2.56 bits per heavy atom. The fourth-order valence-corrected chi connectivity index (χ4v) is 4.31. The fraction of sp³-hybridized carbons (Fsp3) is 0.174. The molecule has 3 atom stereocenters. The lowest BCUT2D eigenvalue weighted by atomic mass is 9.76. The van der Waals surface area contributed by atoms with Gasteiger partial charge in [-0.25, -0.2) is 0 Å². The van der Waals surface area contributed by atoms with Crippen LogP contribution in [0.1, 0.15) is 29.5 Å². The number of hydrogen-bond acceptors (Lipinski definition) is 2. The largest absolute Gasteiger partial charge is 0.378 e. The Bertz CT molecular complexity index is 915. The van der Waals surface area contributed by atoms with E-state index in [9.17, 15) is 0 Å². The number of allylic oxidation sites excluding steroid dienone is 2. The van der Waals surface area contributed by atoms with Crippen LogP contribution in [-0.2, 0) is 0 Å². The predicted molar refractivity (Wildman–Crippen MR) is 102 cm³/mol. The van der Waals surface area contributed by atoms with Gasteiger partial charge in [0.05, 0.1) is 6.04 Å². The van der Waals surface area contributed by atoms with Gasteiger partial charge in [-0.1, -0.05) is 48.6 Å². The molecule has 5 rings (SSSR count). The van der Waals surface area contributed by atoms with Gasteiger partial charge in [-0.2, -0.15) is 0 Å². The van der Waals surface area contributed by atoms with E-state index in [0.29, 0.717) is 17.9 Å². The average Bonchev–Trinajstić information content (AvgIpc) is 3.18. The first-order valence-electron chi connectivity index (χ1n) is 8.92. The van der Waals surface area contributed by atoms with Crippen molar-refractivity contribution in [2.24, 2.45) is 5.92 Å². The standard InChI is InChI=1S/C23H20N2/c1-2-5-16(6-3-1)18-9-10-22-21(15-18)19-7-4-8-20(19)23(25-22)17-11-13-24-14-12-17/h1-7,9-15,19-20,23,25H,8H2/t19-,20+,23-/m0/s1. The molecule has 0 bridgehead atoms. The molecule has 0 radical (unpaired) electrons. The molecule has 0 spiro atoms. The zero-order valence-corrected chi connectivity index (χ0v) is 14.0. The summed E-state index contributed by atoms with van der Waals surface area (Å²) >= 11 is 0. The van der Waals surface area contributed by atoms with Crippen LogP contribution in [0.3, 0.4) is 0 Å². The summed E-state index contributed by atoms with van der Waals surface area (Å²) in [4.78, 5) is 4.17. The number of fused-ring (bicyclic) bond motifs is 3. The van der Waals surface area contributed by atoms with Crippen molar-refractivity contribution >= 4 is 5.69 Å². The van der Waals surface area contributed by atoms with Crippen molar-refractivity contribution in [3.8, 4) is 11.1 Å². The Morgan fingerprint density at radius 2 is 1.72 bits per heavy atom. The quantitative estimate of drug-likeness (QED) is 0.623. The van der Waals surface area contributed by atoms with E-state index in [4.69, 9.17) is 0 Å². The average molecular weight is 324 g/mol. The van der Waals surface area contributed by atoms with Crippen molar-refractivity contribution in [3.63, 3.8) is 0 Å². The van der Waals surface area contributed by atoms with Crippen LogP contribution < -0.4 is 5.32 Å². The highest BCUT2D eigenvalue weighted by Crippen LogP contribution is 2.50. The number of benzene rings is 2. The van der Waals surface area contributed by atoms with Crippen LogP contribution in [0.25, 0.3) is 11.1 Å². The third-order valence-electron chi connectivity index (χ3n) is 5.54. The van der Waals surface area contributed by atoms with Gasteiger partial charge in [0.15, 0.2) is 0 Å². The molecule has 0 unspecified atom stereocenters. The second kappa shape index (κ2) is 5.89. The number of pyridine rings is 1. The van der Waals surface area contributed by atoms with Crippen molar-refractivity contribution in [2.45, 2.75) is 18.4 Å². The van der Waals surface area contributed by atoms with E-state index in [-0.39, 0.29) is 0 Å². The van der Waals surface area contributed by atoms with Gasteiger partial charge in [0.1, 0.15) is 0 Å². The highest BCUT2D eigenvalue weighted by molar-refractivity contribution is 5.71. The van der Waals surface area contributed by atoms with Gasteiger partial charge in [0.2, 0.25) is 0 Å². The zero-order valence-electron chi connectivity index (χ0n) is 14.0. The predicted octanol–water partition coefficient (Wildman–Crippen LogP) is 5.58. The highest BCUT2D eigenvalue weighted by atomic mass is 15.0. The number of nitrogens with zero attached hydrogens (tertiary/aromatic N) is 1. The van der Waals surface area contributed by atoms with Gasteiger partial charge < -0.3 is 5.32 Å². The summed E-state index contributed by atoms with van der Waals surface area (Å²) in [5, 5.41) is 3.80. The number of hydrogen-bond donors (Lipinski definition) is 1. The summed E-state index contributed by atoms with van der Waals surface area (Å²) in [6, 6.07) is 22.1. The maximum absolute atomic E-state index is 4.17. The molecule has 1 N–H and O–H groups in total. The van der Waals surface area contributed by atoms with Crippen LogP contribution in [-0.4, -0.2) is 4.98 Å². The number of aromatic nitrogens is 1. The fourth-order valence-electron chi connectivity index (χ4n) is 4.31. The Kier molecular flexibility index (Phi) is 3.41. The SMILES string of the molecule is C1=C[C@@H]2c3cc(-c4ccccc4)ccc3N[C@@H](c3ccncc3)[C@@H]2C1. The van der Waals surface area contributed by atoms with Crippen LogP contribution in [0, 0.1) is 5.92 Å². The summed E-state index contributed by atoms with van der Waals surface area (Å²) in [6.45, 7) is 0. The molecule has 122 valence electrons. The third-order valence-corrected chi connectivity index (χ3v) is 5.54. The van der Waals surface area contributed by atoms with Gasteiger partial charge >= 0.3 is 0 Å². The van der Waals surface area contributed by atoms with E-state index in [1.807, 2.05) is 12.4 Å². The van der Waals surface area contributed by atoms with Crippen LogP contribution in [0.5, 0.6) is 0 Å². The van der Waals surface area contributed by atoms with Gasteiger partial charge in [-0.3, -0.25) is 4.98 Å². The van der Waals surface area contributed by atoms with Crippen molar-refractivity contribution in [3.05, 3.63) is 96.3 Å². The molecule has 25 heavy (non-hydrogen) atoms. The molecule has 0 saturated carbocycles. The monoisotopic (exact) mass is 324 g/mol. The molecule has 2 heteroatoms. The zero-order chi connectivity index (χ0) is 16.6. The first kappa shape index (κ1) is 14.5. The second-order valence-corrected chi connectivity index (χ2v) is 6.92. The molecule has 0 saturated heterocycles. The molecule has 2 heterocycles. The van der Waals surface area contributed by atoms with Gasteiger partial charge in [-0.05, 0) is 58.9 Å².